The van der Waals surface area contributed by atoms with E-state index in [9.17, 15) is 0 Å². The van der Waals surface area contributed by atoms with Crippen LogP contribution in [0.25, 0.3) is 0 Å². The van der Waals surface area contributed by atoms with E-state index >= 15 is 0 Å². The van der Waals surface area contributed by atoms with E-state index in [1.165, 1.54) is 0 Å². The quantitative estimate of drug-likeness (QED) is 0.368. The van der Waals surface area contributed by atoms with Gasteiger partial charge >= 0.3 is 0 Å². The summed E-state index contributed by atoms with van der Waals surface area (Å²) >= 11 is 6.06. The first-order chi connectivity index (χ1) is 12.9. The third-order valence-electron chi connectivity index (χ3n) is 4.75. The summed E-state index contributed by atoms with van der Waals surface area (Å²) in [5, 5.41) is 0. The van der Waals surface area contributed by atoms with Crippen molar-refractivity contribution >= 4 is 11.6 Å². The highest BCUT2D eigenvalue weighted by Crippen LogP contribution is 2.43. The van der Waals surface area contributed by atoms with Crippen LogP contribution in [-0.2, 0) is 11.3 Å². The molecule has 2 nitrogen and oxygen atoms in total. The summed E-state index contributed by atoms with van der Waals surface area (Å²) in [5.74, 6) is 1.28. The van der Waals surface area contributed by atoms with Crippen LogP contribution in [0.4, 0.5) is 0 Å². The van der Waals surface area contributed by atoms with Gasteiger partial charge in [0.2, 0.25) is 0 Å². The number of aromatic amines is 1. The molecule has 0 fully saturated rings. The zero-order valence-electron chi connectivity index (χ0n) is 14.3. The van der Waals surface area contributed by atoms with Crippen LogP contribution in [0.3, 0.4) is 0 Å². The first kappa shape index (κ1) is 16.6. The molecule has 1 aromatic heterocycles. The summed E-state index contributed by atoms with van der Waals surface area (Å²) < 4.78 is 0. The van der Waals surface area contributed by atoms with Gasteiger partial charge in [-0.15, -0.1) is 11.6 Å². The van der Waals surface area contributed by atoms with Crippen molar-refractivity contribution in [1.82, 2.24) is 9.97 Å². The Hall–Kier alpha value is -2.84. The van der Waals surface area contributed by atoms with E-state index in [0.717, 1.165) is 28.2 Å². The molecule has 1 heterocycles. The standard InChI is InChI=1S/C23H19ClN2/c24-16-21-17-25-22(26-21)23(18-10-4-1-5-11-18,19-12-6-2-7-13-19)20-14-8-3-9-15-20/h1-15,17H,16H2,(H,25,26). The number of rotatable bonds is 5. The largest absolute Gasteiger partial charge is 0.344 e. The Kier molecular flexibility index (Phi) is 4.59. The molecule has 26 heavy (non-hydrogen) atoms. The van der Waals surface area contributed by atoms with Gasteiger partial charge in [0.05, 0.1) is 5.88 Å². The monoisotopic (exact) mass is 358 g/mol. The molecule has 0 aliphatic rings. The van der Waals surface area contributed by atoms with Gasteiger partial charge in [0, 0.05) is 11.9 Å². The van der Waals surface area contributed by atoms with Gasteiger partial charge in [-0.1, -0.05) is 91.0 Å². The number of aromatic nitrogens is 2. The smallest absolute Gasteiger partial charge is 0.125 e. The van der Waals surface area contributed by atoms with E-state index in [-0.39, 0.29) is 0 Å². The predicted molar refractivity (Wildman–Crippen MR) is 106 cm³/mol. The van der Waals surface area contributed by atoms with Crippen molar-refractivity contribution in [2.75, 3.05) is 0 Å². The van der Waals surface area contributed by atoms with Gasteiger partial charge in [0.15, 0.2) is 0 Å². The summed E-state index contributed by atoms with van der Waals surface area (Å²) in [6, 6.07) is 31.5. The van der Waals surface area contributed by atoms with Crippen LogP contribution in [0.2, 0.25) is 0 Å². The lowest BCUT2D eigenvalue weighted by Crippen LogP contribution is -2.32. The van der Waals surface area contributed by atoms with E-state index in [4.69, 9.17) is 16.6 Å². The molecule has 0 atom stereocenters. The average molecular weight is 359 g/mol. The third kappa shape index (κ3) is 2.73. The fourth-order valence-electron chi connectivity index (χ4n) is 3.59. The van der Waals surface area contributed by atoms with Gasteiger partial charge in [-0.25, -0.2) is 4.98 Å². The molecular weight excluding hydrogens is 340 g/mol. The maximum Gasteiger partial charge on any atom is 0.125 e. The summed E-state index contributed by atoms with van der Waals surface area (Å²) in [5.41, 5.74) is 3.86. The number of nitrogens with zero attached hydrogens (tertiary/aromatic N) is 1. The number of benzene rings is 3. The second kappa shape index (κ2) is 7.19. The van der Waals surface area contributed by atoms with Crippen LogP contribution in [0.15, 0.2) is 97.2 Å². The molecule has 0 aliphatic carbocycles. The fourth-order valence-corrected chi connectivity index (χ4v) is 3.73. The van der Waals surface area contributed by atoms with E-state index in [1.807, 2.05) is 24.4 Å². The number of hydrogen-bond donors (Lipinski definition) is 1. The van der Waals surface area contributed by atoms with Gasteiger partial charge < -0.3 is 4.98 Å². The van der Waals surface area contributed by atoms with Gasteiger partial charge in [-0.05, 0) is 16.7 Å². The highest BCUT2D eigenvalue weighted by Gasteiger charge is 2.40. The number of nitrogens with one attached hydrogen (secondary N) is 1. The van der Waals surface area contributed by atoms with Crippen LogP contribution < -0.4 is 0 Å². The second-order valence-electron chi connectivity index (χ2n) is 6.24. The van der Waals surface area contributed by atoms with E-state index < -0.39 is 5.41 Å². The van der Waals surface area contributed by atoms with Gasteiger partial charge in [-0.2, -0.15) is 0 Å². The molecule has 0 amide bonds. The minimum atomic E-state index is -0.534. The minimum Gasteiger partial charge on any atom is -0.344 e. The number of H-pyrrole nitrogens is 1. The Morgan fingerprint density at radius 3 is 1.46 bits per heavy atom. The summed E-state index contributed by atoms with van der Waals surface area (Å²) in [6.45, 7) is 0. The molecule has 3 heteroatoms. The first-order valence-electron chi connectivity index (χ1n) is 8.62. The van der Waals surface area contributed by atoms with Crippen molar-refractivity contribution in [1.29, 1.82) is 0 Å². The molecule has 0 unspecified atom stereocenters. The molecule has 0 radical (unpaired) electrons. The van der Waals surface area contributed by atoms with Crippen LogP contribution >= 0.6 is 11.6 Å². The zero-order valence-corrected chi connectivity index (χ0v) is 15.0. The number of imidazole rings is 1. The molecule has 1 N–H and O–H groups in total. The molecule has 4 aromatic rings. The average Bonchev–Trinajstić information content (AvgIpc) is 3.21. The van der Waals surface area contributed by atoms with Gasteiger partial charge in [-0.3, -0.25) is 0 Å². The van der Waals surface area contributed by atoms with E-state index in [1.54, 1.807) is 0 Å². The second-order valence-corrected chi connectivity index (χ2v) is 6.51. The van der Waals surface area contributed by atoms with E-state index in [2.05, 4.69) is 77.8 Å². The molecule has 0 aliphatic heterocycles. The maximum atomic E-state index is 6.06. The van der Waals surface area contributed by atoms with Crippen molar-refractivity contribution in [3.63, 3.8) is 0 Å². The first-order valence-corrected chi connectivity index (χ1v) is 9.16. The Bertz CT molecular complexity index is 866. The Balaban J connectivity index is 2.10. The van der Waals surface area contributed by atoms with Crippen LogP contribution in [0, 0.1) is 0 Å². The van der Waals surface area contributed by atoms with Crippen molar-refractivity contribution in [3.8, 4) is 0 Å². The number of alkyl halides is 1. The van der Waals surface area contributed by atoms with E-state index in [0.29, 0.717) is 5.88 Å². The molecule has 4 rings (SSSR count). The SMILES string of the molecule is ClCc1cnc(C(c2ccccc2)(c2ccccc2)c2ccccc2)[nH]1. The zero-order chi connectivity index (χ0) is 17.8. The molecule has 0 bridgehead atoms. The van der Waals surface area contributed by atoms with Crippen LogP contribution in [0.1, 0.15) is 28.2 Å². The number of halogens is 1. The van der Waals surface area contributed by atoms with Crippen LogP contribution in [0.5, 0.6) is 0 Å². The van der Waals surface area contributed by atoms with Gasteiger partial charge in [0.25, 0.3) is 0 Å². The predicted octanol–water partition coefficient (Wildman–Crippen LogP) is 5.53. The van der Waals surface area contributed by atoms with Gasteiger partial charge in [0.1, 0.15) is 11.2 Å². The third-order valence-corrected chi connectivity index (χ3v) is 5.04. The van der Waals surface area contributed by atoms with Crippen molar-refractivity contribution < 1.29 is 0 Å². The Morgan fingerprint density at radius 2 is 1.12 bits per heavy atom. The van der Waals surface area contributed by atoms with Crippen molar-refractivity contribution in [2.24, 2.45) is 0 Å². The fraction of sp³-hybridized carbons (Fsp3) is 0.0870. The Morgan fingerprint density at radius 1 is 0.692 bits per heavy atom. The minimum absolute atomic E-state index is 0.404. The lowest BCUT2D eigenvalue weighted by molar-refractivity contribution is 0.690. The molecule has 0 spiro atoms. The van der Waals surface area contributed by atoms with Crippen LogP contribution in [-0.4, -0.2) is 9.97 Å². The molecular formula is C23H19ClN2. The molecule has 3 aromatic carbocycles. The summed E-state index contributed by atoms with van der Waals surface area (Å²) in [4.78, 5) is 8.20. The molecule has 0 saturated heterocycles. The summed E-state index contributed by atoms with van der Waals surface area (Å²) in [7, 11) is 0. The lowest BCUT2D eigenvalue weighted by atomic mass is 9.69. The topological polar surface area (TPSA) is 28.7 Å². The maximum absolute atomic E-state index is 6.06. The molecule has 0 saturated carbocycles. The van der Waals surface area contributed by atoms with Crippen molar-refractivity contribution in [3.05, 3.63) is 125 Å². The summed E-state index contributed by atoms with van der Waals surface area (Å²) in [6.07, 6.45) is 1.83. The normalized spacial score (nSPS) is 11.4. The highest BCUT2D eigenvalue weighted by atomic mass is 35.5. The molecule has 128 valence electrons. The van der Waals surface area contributed by atoms with Crippen molar-refractivity contribution in [2.45, 2.75) is 11.3 Å². The number of hydrogen-bond acceptors (Lipinski definition) is 1. The Labute approximate surface area is 158 Å². The lowest BCUT2D eigenvalue weighted by Gasteiger charge is -2.34. The highest BCUT2D eigenvalue weighted by molar-refractivity contribution is 6.16.